The summed E-state index contributed by atoms with van der Waals surface area (Å²) in [7, 11) is 0. The zero-order chi connectivity index (χ0) is 19.4. The molecule has 0 bridgehead atoms. The first-order valence-electron chi connectivity index (χ1n) is 11.9. The Morgan fingerprint density at radius 3 is 2.79 bits per heavy atom. The molecule has 0 spiro atoms. The van der Waals surface area contributed by atoms with E-state index in [9.17, 15) is 4.79 Å². The zero-order valence-electron chi connectivity index (χ0n) is 17.8. The summed E-state index contributed by atoms with van der Waals surface area (Å²) < 4.78 is 0. The van der Waals surface area contributed by atoms with E-state index in [1.165, 1.54) is 44.2 Å². The SMILES string of the molecule is C[C@]12CCC(=NOCC3CCCN3)CC1CCC1C2CC[C@]2(C)C(=O)CCC12. The third kappa shape index (κ3) is 2.97. The van der Waals surface area contributed by atoms with Gasteiger partial charge < -0.3 is 10.2 Å². The van der Waals surface area contributed by atoms with Crippen molar-refractivity contribution in [1.29, 1.82) is 0 Å². The van der Waals surface area contributed by atoms with Crippen molar-refractivity contribution in [3.63, 3.8) is 0 Å². The van der Waals surface area contributed by atoms with Crippen molar-refractivity contribution in [3.8, 4) is 0 Å². The normalized spacial score (nSPS) is 49.6. The fraction of sp³-hybridized carbons (Fsp3) is 0.917. The molecule has 4 heteroatoms. The summed E-state index contributed by atoms with van der Waals surface area (Å²) >= 11 is 0. The maximum Gasteiger partial charge on any atom is 0.139 e. The van der Waals surface area contributed by atoms with Gasteiger partial charge in [-0.05, 0) is 99.8 Å². The first-order valence-corrected chi connectivity index (χ1v) is 11.9. The minimum absolute atomic E-state index is 0.00770. The standard InChI is InChI=1S/C24H38N2O2/c1-23-11-9-17(26-28-15-18-4-3-13-25-18)14-16(23)5-6-19-20-7-8-22(27)24(20,2)12-10-21(19)23/h16,18-21,25H,3-15H2,1-2H3/t16?,18?,19?,20?,21?,23-,24-/m0/s1. The molecule has 1 N–H and O–H groups in total. The van der Waals surface area contributed by atoms with Gasteiger partial charge in [-0.2, -0.15) is 0 Å². The molecule has 5 rings (SSSR count). The van der Waals surface area contributed by atoms with Gasteiger partial charge in [0.15, 0.2) is 0 Å². The van der Waals surface area contributed by atoms with Gasteiger partial charge in [-0.25, -0.2) is 0 Å². The smallest absolute Gasteiger partial charge is 0.139 e. The molecule has 1 aliphatic heterocycles. The molecule has 1 saturated heterocycles. The largest absolute Gasteiger partial charge is 0.394 e. The highest BCUT2D eigenvalue weighted by atomic mass is 16.6. The molecule has 4 nitrogen and oxygen atoms in total. The molecule has 7 atom stereocenters. The molecule has 5 fully saturated rings. The van der Waals surface area contributed by atoms with Crippen molar-refractivity contribution < 1.29 is 9.63 Å². The van der Waals surface area contributed by atoms with E-state index in [1.807, 2.05) is 0 Å². The summed E-state index contributed by atoms with van der Waals surface area (Å²) in [5.74, 6) is 3.59. The third-order valence-corrected chi connectivity index (χ3v) is 9.84. The van der Waals surface area contributed by atoms with Gasteiger partial charge in [-0.15, -0.1) is 0 Å². The van der Waals surface area contributed by atoms with Crippen LogP contribution in [0, 0.1) is 34.5 Å². The summed E-state index contributed by atoms with van der Waals surface area (Å²) in [5.41, 5.74) is 1.76. The number of hydrogen-bond donors (Lipinski definition) is 1. The minimum atomic E-state index is 0.00770. The van der Waals surface area contributed by atoms with Gasteiger partial charge >= 0.3 is 0 Å². The predicted molar refractivity (Wildman–Crippen MR) is 111 cm³/mol. The fourth-order valence-corrected chi connectivity index (χ4v) is 8.03. The van der Waals surface area contributed by atoms with Gasteiger partial charge in [-0.1, -0.05) is 19.0 Å². The molecular weight excluding hydrogens is 348 g/mol. The highest BCUT2D eigenvalue weighted by Crippen LogP contribution is 2.65. The number of carbonyl (C=O) groups excluding carboxylic acids is 1. The Bertz CT molecular complexity index is 655. The molecule has 0 amide bonds. The topological polar surface area (TPSA) is 50.7 Å². The number of Topliss-reactive ketones (excluding diaryl/α,β-unsaturated/α-hetero) is 1. The lowest BCUT2D eigenvalue weighted by Gasteiger charge is -2.59. The van der Waals surface area contributed by atoms with Crippen molar-refractivity contribution in [2.75, 3.05) is 13.2 Å². The van der Waals surface area contributed by atoms with Crippen LogP contribution in [0.25, 0.3) is 0 Å². The summed E-state index contributed by atoms with van der Waals surface area (Å²) in [6.45, 7) is 6.72. The van der Waals surface area contributed by atoms with Crippen LogP contribution in [-0.4, -0.2) is 30.7 Å². The summed E-state index contributed by atoms with van der Waals surface area (Å²) in [6.07, 6.45) is 13.1. The third-order valence-electron chi connectivity index (χ3n) is 9.84. The van der Waals surface area contributed by atoms with E-state index >= 15 is 0 Å². The van der Waals surface area contributed by atoms with Crippen LogP contribution < -0.4 is 5.32 Å². The fourth-order valence-electron chi connectivity index (χ4n) is 8.03. The number of ketones is 1. The summed E-state index contributed by atoms with van der Waals surface area (Å²) in [4.78, 5) is 18.3. The van der Waals surface area contributed by atoms with E-state index in [-0.39, 0.29) is 5.41 Å². The van der Waals surface area contributed by atoms with E-state index in [0.29, 0.717) is 23.2 Å². The molecule has 156 valence electrons. The molecule has 4 aliphatic carbocycles. The van der Waals surface area contributed by atoms with Crippen LogP contribution in [-0.2, 0) is 9.63 Å². The van der Waals surface area contributed by atoms with Gasteiger partial charge in [0.2, 0.25) is 0 Å². The number of fused-ring (bicyclic) bond motifs is 5. The Labute approximate surface area is 170 Å². The lowest BCUT2D eigenvalue weighted by Crippen LogP contribution is -2.53. The van der Waals surface area contributed by atoms with Gasteiger partial charge in [0.1, 0.15) is 12.4 Å². The van der Waals surface area contributed by atoms with Crippen molar-refractivity contribution in [2.24, 2.45) is 39.7 Å². The number of nitrogens with one attached hydrogen (secondary N) is 1. The molecule has 5 aliphatic rings. The average Bonchev–Trinajstić information content (AvgIpc) is 3.30. The number of carbonyl (C=O) groups is 1. The first kappa shape index (κ1) is 19.1. The maximum absolute atomic E-state index is 12.6. The minimum Gasteiger partial charge on any atom is -0.394 e. The zero-order valence-corrected chi connectivity index (χ0v) is 17.8. The Hall–Kier alpha value is -0.900. The van der Waals surface area contributed by atoms with E-state index in [4.69, 9.17) is 4.84 Å². The first-order chi connectivity index (χ1) is 13.5. The van der Waals surface area contributed by atoms with E-state index < -0.39 is 0 Å². The highest BCUT2D eigenvalue weighted by Gasteiger charge is 2.60. The Morgan fingerprint density at radius 1 is 1.07 bits per heavy atom. The lowest BCUT2D eigenvalue weighted by molar-refractivity contribution is -0.137. The second-order valence-corrected chi connectivity index (χ2v) is 11.0. The van der Waals surface area contributed by atoms with Crippen LogP contribution in [0.1, 0.15) is 84.5 Å². The summed E-state index contributed by atoms with van der Waals surface area (Å²) in [5, 5.41) is 8.06. The van der Waals surface area contributed by atoms with Crippen LogP contribution in [0.5, 0.6) is 0 Å². The maximum atomic E-state index is 12.6. The Balaban J connectivity index is 1.25. The van der Waals surface area contributed by atoms with Crippen LogP contribution in [0.4, 0.5) is 0 Å². The van der Waals surface area contributed by atoms with Crippen molar-refractivity contribution in [3.05, 3.63) is 0 Å². The Kier molecular flexibility index (Phi) is 4.84. The number of oxime groups is 1. The monoisotopic (exact) mass is 386 g/mol. The molecule has 0 aromatic carbocycles. The number of rotatable bonds is 3. The van der Waals surface area contributed by atoms with Crippen LogP contribution in [0.2, 0.25) is 0 Å². The molecular formula is C24H38N2O2. The molecule has 0 radical (unpaired) electrons. The van der Waals surface area contributed by atoms with Gasteiger partial charge in [0.25, 0.3) is 0 Å². The van der Waals surface area contributed by atoms with Crippen molar-refractivity contribution in [1.82, 2.24) is 5.32 Å². The second kappa shape index (κ2) is 7.11. The van der Waals surface area contributed by atoms with Crippen LogP contribution >= 0.6 is 0 Å². The quantitative estimate of drug-likeness (QED) is 0.714. The van der Waals surface area contributed by atoms with Crippen LogP contribution in [0.3, 0.4) is 0 Å². The van der Waals surface area contributed by atoms with E-state index in [2.05, 4.69) is 24.3 Å². The van der Waals surface area contributed by atoms with Crippen molar-refractivity contribution >= 4 is 11.5 Å². The van der Waals surface area contributed by atoms with Gasteiger partial charge in [0.05, 0.1) is 5.71 Å². The molecule has 0 aromatic heterocycles. The molecule has 4 saturated carbocycles. The van der Waals surface area contributed by atoms with E-state index in [1.54, 1.807) is 0 Å². The molecule has 5 unspecified atom stereocenters. The van der Waals surface area contributed by atoms with Gasteiger partial charge in [-0.3, -0.25) is 4.79 Å². The second-order valence-electron chi connectivity index (χ2n) is 11.0. The lowest BCUT2D eigenvalue weighted by atomic mass is 9.45. The molecule has 1 heterocycles. The van der Waals surface area contributed by atoms with Crippen molar-refractivity contribution in [2.45, 2.75) is 90.5 Å². The number of hydrogen-bond acceptors (Lipinski definition) is 4. The highest BCUT2D eigenvalue weighted by molar-refractivity contribution is 5.87. The van der Waals surface area contributed by atoms with Gasteiger partial charge in [0, 0.05) is 17.9 Å². The summed E-state index contributed by atoms with van der Waals surface area (Å²) in [6, 6.07) is 0.499. The van der Waals surface area contributed by atoms with Crippen LogP contribution in [0.15, 0.2) is 5.16 Å². The van der Waals surface area contributed by atoms with E-state index in [0.717, 1.165) is 63.0 Å². The molecule has 0 aromatic rings. The average molecular weight is 387 g/mol. The predicted octanol–water partition coefficient (Wildman–Crippen LogP) is 4.72. The number of nitrogens with zero attached hydrogens (tertiary/aromatic N) is 1. The molecule has 28 heavy (non-hydrogen) atoms. The Morgan fingerprint density at radius 2 is 1.96 bits per heavy atom.